The normalized spacial score (nSPS) is 42.3. The number of aliphatic hydroxyl groups is 1. The molecule has 0 radical (unpaired) electrons. The molecule has 126 valence electrons. The van der Waals surface area contributed by atoms with E-state index in [1.807, 2.05) is 0 Å². The lowest BCUT2D eigenvalue weighted by atomic mass is 9.53. The highest BCUT2D eigenvalue weighted by atomic mass is 35.5. The lowest BCUT2D eigenvalue weighted by Crippen LogP contribution is -2.49. The molecule has 0 heterocycles. The van der Waals surface area contributed by atoms with Crippen LogP contribution in [0.15, 0.2) is 18.2 Å². The molecule has 0 bridgehead atoms. The summed E-state index contributed by atoms with van der Waals surface area (Å²) in [5.41, 5.74) is 2.99. The van der Waals surface area contributed by atoms with Gasteiger partial charge in [-0.2, -0.15) is 0 Å². The Bertz CT molecular complexity index is 587. The van der Waals surface area contributed by atoms with Crippen molar-refractivity contribution in [3.63, 3.8) is 0 Å². The molecule has 0 saturated heterocycles. The summed E-state index contributed by atoms with van der Waals surface area (Å²) in [6.07, 6.45) is 5.22. The molecule has 4 rings (SSSR count). The number of halogens is 1. The van der Waals surface area contributed by atoms with Crippen LogP contribution in [0, 0.1) is 23.7 Å². The molecule has 23 heavy (non-hydrogen) atoms. The summed E-state index contributed by atoms with van der Waals surface area (Å²) in [5.74, 6) is 3.91. The molecular weight excluding hydrogens is 308 g/mol. The van der Waals surface area contributed by atoms with Gasteiger partial charge in [-0.1, -0.05) is 13.0 Å². The van der Waals surface area contributed by atoms with E-state index in [0.717, 1.165) is 25.0 Å². The van der Waals surface area contributed by atoms with Crippen LogP contribution >= 0.6 is 11.6 Å². The van der Waals surface area contributed by atoms with Gasteiger partial charge in [0, 0.05) is 5.38 Å². The van der Waals surface area contributed by atoms with E-state index >= 15 is 0 Å². The SMILES string of the molecule is COc1ccc2c(c1)CC[C@@H]1[C@@H]2C[C@@H](C)C2[C@H]1C[C@H](Cl)C[C@@H]2O. The van der Waals surface area contributed by atoms with Crippen LogP contribution in [0.1, 0.15) is 49.7 Å². The first-order valence-corrected chi connectivity index (χ1v) is 9.51. The molecule has 0 spiro atoms. The third-order valence-corrected chi connectivity index (χ3v) is 7.17. The van der Waals surface area contributed by atoms with Crippen LogP contribution in [0.3, 0.4) is 0 Å². The standard InChI is InChI=1S/C20H27ClO2/c1-11-7-17-15-6-4-14(23-2)8-12(15)3-5-16(17)18-9-13(21)10-19(22)20(11)18/h4,6,8,11,13,16-20,22H,3,5,7,9-10H2,1-2H3/t11-,13+,16-,17-,18+,19+,20?/m1/s1. The van der Waals surface area contributed by atoms with Gasteiger partial charge in [0.25, 0.3) is 0 Å². The second kappa shape index (κ2) is 5.97. The first-order valence-electron chi connectivity index (χ1n) is 9.07. The summed E-state index contributed by atoms with van der Waals surface area (Å²) in [6.45, 7) is 2.34. The van der Waals surface area contributed by atoms with E-state index in [1.54, 1.807) is 7.11 Å². The van der Waals surface area contributed by atoms with Crippen molar-refractivity contribution in [2.24, 2.45) is 23.7 Å². The lowest BCUT2D eigenvalue weighted by molar-refractivity contribution is -0.0547. The quantitative estimate of drug-likeness (QED) is 0.772. The summed E-state index contributed by atoms with van der Waals surface area (Å²) < 4.78 is 5.40. The van der Waals surface area contributed by atoms with Crippen LogP contribution in [-0.4, -0.2) is 23.7 Å². The maximum absolute atomic E-state index is 10.6. The van der Waals surface area contributed by atoms with E-state index < -0.39 is 0 Å². The van der Waals surface area contributed by atoms with Gasteiger partial charge in [0.2, 0.25) is 0 Å². The fourth-order valence-electron chi connectivity index (χ4n) is 5.93. The number of hydrogen-bond acceptors (Lipinski definition) is 2. The number of methoxy groups -OCH3 is 1. The number of alkyl halides is 1. The molecule has 1 aromatic carbocycles. The maximum Gasteiger partial charge on any atom is 0.119 e. The average molecular weight is 335 g/mol. The van der Waals surface area contributed by atoms with Gasteiger partial charge >= 0.3 is 0 Å². The van der Waals surface area contributed by atoms with E-state index in [0.29, 0.717) is 29.6 Å². The Labute approximate surface area is 144 Å². The average Bonchev–Trinajstić information content (AvgIpc) is 2.53. The Hall–Kier alpha value is -0.730. The van der Waals surface area contributed by atoms with Crippen molar-refractivity contribution < 1.29 is 9.84 Å². The second-order valence-corrected chi connectivity index (χ2v) is 8.58. The van der Waals surface area contributed by atoms with E-state index in [9.17, 15) is 5.11 Å². The molecule has 2 saturated carbocycles. The summed E-state index contributed by atoms with van der Waals surface area (Å²) in [5, 5.41) is 10.7. The molecule has 1 N–H and O–H groups in total. The molecule has 3 heteroatoms. The van der Waals surface area contributed by atoms with Crippen molar-refractivity contribution in [2.45, 2.75) is 56.4 Å². The molecule has 0 aliphatic heterocycles. The number of ether oxygens (including phenoxy) is 1. The summed E-state index contributed by atoms with van der Waals surface area (Å²) in [7, 11) is 1.74. The molecule has 3 aliphatic rings. The summed E-state index contributed by atoms with van der Waals surface area (Å²) in [4.78, 5) is 0. The van der Waals surface area contributed by atoms with Gasteiger partial charge in [0.05, 0.1) is 13.2 Å². The zero-order valence-corrected chi connectivity index (χ0v) is 14.8. The van der Waals surface area contributed by atoms with Crippen molar-refractivity contribution in [1.82, 2.24) is 0 Å². The van der Waals surface area contributed by atoms with Gasteiger partial charge in [-0.05, 0) is 85.0 Å². The van der Waals surface area contributed by atoms with Crippen LogP contribution in [0.4, 0.5) is 0 Å². The Morgan fingerprint density at radius 2 is 2.00 bits per heavy atom. The van der Waals surface area contributed by atoms with Gasteiger partial charge < -0.3 is 9.84 Å². The van der Waals surface area contributed by atoms with Crippen molar-refractivity contribution >= 4 is 11.6 Å². The zero-order valence-electron chi connectivity index (χ0n) is 14.0. The summed E-state index contributed by atoms with van der Waals surface area (Å²) in [6, 6.07) is 6.62. The van der Waals surface area contributed by atoms with Gasteiger partial charge in [-0.25, -0.2) is 0 Å². The fourth-order valence-corrected chi connectivity index (χ4v) is 6.32. The first-order chi connectivity index (χ1) is 11.1. The predicted octanol–water partition coefficient (Wildman–Crippen LogP) is 4.38. The number of aryl methyl sites for hydroxylation is 1. The number of aliphatic hydroxyl groups excluding tert-OH is 1. The highest BCUT2D eigenvalue weighted by Gasteiger charge is 2.50. The van der Waals surface area contributed by atoms with Crippen molar-refractivity contribution in [1.29, 1.82) is 0 Å². The molecule has 1 aromatic rings. The van der Waals surface area contributed by atoms with Gasteiger partial charge in [-0.15, -0.1) is 11.6 Å². The maximum atomic E-state index is 10.6. The number of hydrogen-bond donors (Lipinski definition) is 1. The predicted molar refractivity (Wildman–Crippen MR) is 93.2 cm³/mol. The Morgan fingerprint density at radius 1 is 1.17 bits per heavy atom. The number of fused-ring (bicyclic) bond motifs is 5. The highest BCUT2D eigenvalue weighted by Crippen LogP contribution is 2.56. The lowest BCUT2D eigenvalue weighted by Gasteiger charge is -2.53. The zero-order chi connectivity index (χ0) is 16.1. The molecule has 3 aliphatic carbocycles. The third-order valence-electron chi connectivity index (χ3n) is 6.81. The third kappa shape index (κ3) is 2.59. The minimum atomic E-state index is -0.204. The van der Waals surface area contributed by atoms with Crippen LogP contribution in [0.25, 0.3) is 0 Å². The van der Waals surface area contributed by atoms with E-state index in [1.165, 1.54) is 24.0 Å². The van der Waals surface area contributed by atoms with E-state index in [2.05, 4.69) is 25.1 Å². The monoisotopic (exact) mass is 334 g/mol. The van der Waals surface area contributed by atoms with Crippen molar-refractivity contribution in [2.75, 3.05) is 7.11 Å². The minimum Gasteiger partial charge on any atom is -0.497 e. The van der Waals surface area contributed by atoms with Gasteiger partial charge in [0.1, 0.15) is 5.75 Å². The van der Waals surface area contributed by atoms with Crippen LogP contribution in [0.2, 0.25) is 0 Å². The van der Waals surface area contributed by atoms with Crippen molar-refractivity contribution in [3.05, 3.63) is 29.3 Å². The first kappa shape index (κ1) is 15.8. The van der Waals surface area contributed by atoms with E-state index in [4.69, 9.17) is 16.3 Å². The number of benzene rings is 1. The molecule has 0 amide bonds. The van der Waals surface area contributed by atoms with Crippen LogP contribution < -0.4 is 4.74 Å². The second-order valence-electron chi connectivity index (χ2n) is 7.96. The summed E-state index contributed by atoms with van der Waals surface area (Å²) >= 11 is 6.47. The van der Waals surface area contributed by atoms with Crippen molar-refractivity contribution in [3.8, 4) is 5.75 Å². The molecule has 2 fully saturated rings. The Balaban J connectivity index is 1.68. The molecule has 2 nitrogen and oxygen atoms in total. The highest BCUT2D eigenvalue weighted by molar-refractivity contribution is 6.20. The Kier molecular flexibility index (Phi) is 4.09. The molecule has 1 unspecified atom stereocenters. The molecule has 0 aromatic heterocycles. The minimum absolute atomic E-state index is 0.148. The topological polar surface area (TPSA) is 29.5 Å². The van der Waals surface area contributed by atoms with Crippen LogP contribution in [0.5, 0.6) is 5.75 Å². The van der Waals surface area contributed by atoms with E-state index in [-0.39, 0.29) is 11.5 Å². The molecular formula is C20H27ClO2. The largest absolute Gasteiger partial charge is 0.497 e. The van der Waals surface area contributed by atoms with Gasteiger partial charge in [-0.3, -0.25) is 0 Å². The number of rotatable bonds is 1. The smallest absolute Gasteiger partial charge is 0.119 e. The fraction of sp³-hybridized carbons (Fsp3) is 0.700. The molecule has 7 atom stereocenters. The van der Waals surface area contributed by atoms with Gasteiger partial charge in [0.15, 0.2) is 0 Å². The Morgan fingerprint density at radius 3 is 2.78 bits per heavy atom. The van der Waals surface area contributed by atoms with Crippen LogP contribution in [-0.2, 0) is 6.42 Å².